The van der Waals surface area contributed by atoms with E-state index in [-0.39, 0.29) is 12.5 Å². The molecule has 1 amide bonds. The Bertz CT molecular complexity index is 1100. The van der Waals surface area contributed by atoms with Gasteiger partial charge >= 0.3 is 0 Å². The van der Waals surface area contributed by atoms with Crippen molar-refractivity contribution in [3.63, 3.8) is 0 Å². The van der Waals surface area contributed by atoms with E-state index in [9.17, 15) is 4.79 Å². The first-order valence-electron chi connectivity index (χ1n) is 11.0. The molecule has 1 atom stereocenters. The van der Waals surface area contributed by atoms with Crippen LogP contribution in [-0.4, -0.2) is 67.9 Å². The zero-order chi connectivity index (χ0) is 21.9. The molecule has 0 unspecified atom stereocenters. The summed E-state index contributed by atoms with van der Waals surface area (Å²) in [7, 11) is 0. The molecule has 0 spiro atoms. The highest BCUT2D eigenvalue weighted by atomic mass is 32.1. The number of amides is 1. The topological polar surface area (TPSA) is 64.1 Å². The zero-order valence-electron chi connectivity index (χ0n) is 18.2. The third kappa shape index (κ3) is 4.57. The molecule has 2 aliphatic rings. The van der Waals surface area contributed by atoms with E-state index in [4.69, 9.17) is 19.2 Å². The molecule has 7 nitrogen and oxygen atoms in total. The van der Waals surface area contributed by atoms with Crippen molar-refractivity contribution in [2.75, 3.05) is 50.9 Å². The lowest BCUT2D eigenvalue weighted by Gasteiger charge is -2.31. The highest BCUT2D eigenvalue weighted by molar-refractivity contribution is 7.22. The van der Waals surface area contributed by atoms with Gasteiger partial charge < -0.3 is 14.2 Å². The second-order valence-corrected chi connectivity index (χ2v) is 9.14. The normalized spacial score (nSPS) is 18.6. The van der Waals surface area contributed by atoms with Gasteiger partial charge in [-0.1, -0.05) is 29.5 Å². The predicted molar refractivity (Wildman–Crippen MR) is 125 cm³/mol. The minimum atomic E-state index is -0.693. The average molecular weight is 454 g/mol. The Balaban J connectivity index is 1.36. The molecule has 168 valence electrons. The van der Waals surface area contributed by atoms with Crippen LogP contribution >= 0.6 is 11.3 Å². The molecule has 0 aliphatic carbocycles. The molecule has 8 heteroatoms. The van der Waals surface area contributed by atoms with Crippen molar-refractivity contribution in [2.45, 2.75) is 19.4 Å². The molecule has 0 saturated carbocycles. The molecule has 5 rings (SSSR count). The lowest BCUT2D eigenvalue weighted by atomic mass is 10.2. The number of fused-ring (bicyclic) bond motifs is 2. The number of rotatable bonds is 6. The number of aryl methyl sites for hydroxylation is 1. The minimum Gasteiger partial charge on any atom is -0.485 e. The number of para-hydroxylation sites is 2. The molecular weight excluding hydrogens is 426 g/mol. The fraction of sp³-hybridized carbons (Fsp3) is 0.417. The second-order valence-electron chi connectivity index (χ2n) is 8.13. The Kier molecular flexibility index (Phi) is 6.25. The average Bonchev–Trinajstić information content (AvgIpc) is 3.24. The van der Waals surface area contributed by atoms with Gasteiger partial charge in [0.25, 0.3) is 5.91 Å². The quantitative estimate of drug-likeness (QED) is 0.569. The number of morpholine rings is 1. The van der Waals surface area contributed by atoms with Crippen molar-refractivity contribution in [1.29, 1.82) is 0 Å². The first-order chi connectivity index (χ1) is 15.7. The van der Waals surface area contributed by atoms with Crippen LogP contribution in [0.25, 0.3) is 10.2 Å². The van der Waals surface area contributed by atoms with Gasteiger partial charge in [0.05, 0.1) is 23.4 Å². The number of aromatic nitrogens is 1. The van der Waals surface area contributed by atoms with Gasteiger partial charge in [0.1, 0.15) is 6.61 Å². The van der Waals surface area contributed by atoms with Crippen LogP contribution in [0.4, 0.5) is 5.13 Å². The molecule has 0 N–H and O–H groups in total. The first-order valence-corrected chi connectivity index (χ1v) is 11.9. The SMILES string of the molecule is Cc1ccc2nc(N(CCCN3CCOCC3)C(=O)[C@@H]3COc4ccccc4O3)sc2c1. The molecule has 1 aromatic heterocycles. The van der Waals surface area contributed by atoms with Gasteiger partial charge in [-0.05, 0) is 43.2 Å². The smallest absolute Gasteiger partial charge is 0.273 e. The Morgan fingerprint density at radius 1 is 1.19 bits per heavy atom. The third-order valence-electron chi connectivity index (χ3n) is 5.77. The van der Waals surface area contributed by atoms with Gasteiger partial charge in [0.2, 0.25) is 6.10 Å². The monoisotopic (exact) mass is 453 g/mol. The highest BCUT2D eigenvalue weighted by Gasteiger charge is 2.33. The van der Waals surface area contributed by atoms with Gasteiger partial charge in [-0.25, -0.2) is 4.98 Å². The van der Waals surface area contributed by atoms with Crippen molar-refractivity contribution in [1.82, 2.24) is 9.88 Å². The summed E-state index contributed by atoms with van der Waals surface area (Å²) in [4.78, 5) is 22.5. The zero-order valence-corrected chi connectivity index (χ0v) is 19.0. The van der Waals surface area contributed by atoms with E-state index in [0.717, 1.165) is 49.5 Å². The van der Waals surface area contributed by atoms with E-state index >= 15 is 0 Å². The van der Waals surface area contributed by atoms with Crippen molar-refractivity contribution >= 4 is 32.6 Å². The molecule has 0 radical (unpaired) electrons. The molecule has 3 heterocycles. The van der Waals surface area contributed by atoms with E-state index < -0.39 is 6.10 Å². The van der Waals surface area contributed by atoms with Crippen LogP contribution in [0.5, 0.6) is 11.5 Å². The van der Waals surface area contributed by atoms with E-state index in [0.29, 0.717) is 23.2 Å². The van der Waals surface area contributed by atoms with E-state index in [2.05, 4.69) is 17.9 Å². The molecular formula is C24H27N3O4S. The van der Waals surface area contributed by atoms with Crippen LogP contribution in [0.3, 0.4) is 0 Å². The third-order valence-corrected chi connectivity index (χ3v) is 6.81. The number of hydrogen-bond acceptors (Lipinski definition) is 7. The molecule has 1 fully saturated rings. The lowest BCUT2D eigenvalue weighted by Crippen LogP contribution is -2.47. The largest absolute Gasteiger partial charge is 0.485 e. The number of carbonyl (C=O) groups excluding carboxylic acids is 1. The summed E-state index contributed by atoms with van der Waals surface area (Å²) in [5.41, 5.74) is 2.09. The Morgan fingerprint density at radius 3 is 2.84 bits per heavy atom. The number of benzene rings is 2. The van der Waals surface area contributed by atoms with Crippen LogP contribution in [0, 0.1) is 6.92 Å². The number of anilines is 1. The Hall–Kier alpha value is -2.68. The number of hydrogen-bond donors (Lipinski definition) is 0. The van der Waals surface area contributed by atoms with Crippen molar-refractivity contribution in [2.24, 2.45) is 0 Å². The van der Waals surface area contributed by atoms with Crippen molar-refractivity contribution in [3.8, 4) is 11.5 Å². The number of nitrogens with zero attached hydrogens (tertiary/aromatic N) is 3. The van der Waals surface area contributed by atoms with Gasteiger partial charge in [0, 0.05) is 26.2 Å². The van der Waals surface area contributed by atoms with Crippen LogP contribution in [-0.2, 0) is 9.53 Å². The van der Waals surface area contributed by atoms with Crippen molar-refractivity contribution < 1.29 is 19.0 Å². The second kappa shape index (κ2) is 9.44. The summed E-state index contributed by atoms with van der Waals surface area (Å²) in [5, 5.41) is 0.708. The van der Waals surface area contributed by atoms with E-state index in [1.807, 2.05) is 36.4 Å². The number of thiazole rings is 1. The molecule has 32 heavy (non-hydrogen) atoms. The fourth-order valence-corrected chi connectivity index (χ4v) is 5.12. The summed E-state index contributed by atoms with van der Waals surface area (Å²) in [6.45, 7) is 7.17. The summed E-state index contributed by atoms with van der Waals surface area (Å²) >= 11 is 1.55. The molecule has 3 aromatic rings. The van der Waals surface area contributed by atoms with Crippen LogP contribution in [0.1, 0.15) is 12.0 Å². The van der Waals surface area contributed by atoms with Gasteiger partial charge in [-0.3, -0.25) is 14.6 Å². The molecule has 2 aromatic carbocycles. The Morgan fingerprint density at radius 2 is 2.00 bits per heavy atom. The first kappa shape index (κ1) is 21.2. The predicted octanol–water partition coefficient (Wildman–Crippen LogP) is 3.50. The van der Waals surface area contributed by atoms with Gasteiger partial charge in [-0.15, -0.1) is 0 Å². The van der Waals surface area contributed by atoms with Gasteiger partial charge in [-0.2, -0.15) is 0 Å². The van der Waals surface area contributed by atoms with E-state index in [1.54, 1.807) is 16.2 Å². The Labute approximate surface area is 191 Å². The number of ether oxygens (including phenoxy) is 3. The summed E-state index contributed by atoms with van der Waals surface area (Å²) < 4.78 is 18.3. The fourth-order valence-electron chi connectivity index (χ4n) is 4.03. The van der Waals surface area contributed by atoms with Crippen LogP contribution in [0.15, 0.2) is 42.5 Å². The summed E-state index contributed by atoms with van der Waals surface area (Å²) in [6, 6.07) is 13.6. The molecule has 1 saturated heterocycles. The van der Waals surface area contributed by atoms with Gasteiger partial charge in [0.15, 0.2) is 16.6 Å². The molecule has 0 bridgehead atoms. The van der Waals surface area contributed by atoms with Crippen LogP contribution < -0.4 is 14.4 Å². The lowest BCUT2D eigenvalue weighted by molar-refractivity contribution is -0.127. The van der Waals surface area contributed by atoms with E-state index in [1.165, 1.54) is 5.56 Å². The summed E-state index contributed by atoms with van der Waals surface area (Å²) in [6.07, 6.45) is 0.159. The molecule has 2 aliphatic heterocycles. The highest BCUT2D eigenvalue weighted by Crippen LogP contribution is 2.34. The van der Waals surface area contributed by atoms with Crippen molar-refractivity contribution in [3.05, 3.63) is 48.0 Å². The maximum atomic E-state index is 13.6. The minimum absolute atomic E-state index is 0.114. The maximum absolute atomic E-state index is 13.6. The van der Waals surface area contributed by atoms with Crippen LogP contribution in [0.2, 0.25) is 0 Å². The number of carbonyl (C=O) groups is 1. The maximum Gasteiger partial charge on any atom is 0.273 e. The summed E-state index contributed by atoms with van der Waals surface area (Å²) in [5.74, 6) is 1.16. The standard InChI is InChI=1S/C24H27N3O4S/c1-17-7-8-18-22(15-17)32-24(25-18)27(10-4-9-26-11-13-29-14-12-26)23(28)21-16-30-19-5-2-3-6-20(19)31-21/h2-3,5-8,15,21H,4,9-14,16H2,1H3/t21-/m0/s1.